The lowest BCUT2D eigenvalue weighted by atomic mass is 9.60. The summed E-state index contributed by atoms with van der Waals surface area (Å²) >= 11 is 0. The number of rotatable bonds is 5. The van der Waals surface area contributed by atoms with Crippen molar-refractivity contribution >= 4 is 5.97 Å². The topological polar surface area (TPSA) is 63.2 Å². The molecule has 0 aromatic carbocycles. The van der Waals surface area contributed by atoms with Gasteiger partial charge < -0.3 is 23.7 Å². The lowest BCUT2D eigenvalue weighted by Crippen LogP contribution is -2.54. The van der Waals surface area contributed by atoms with E-state index in [1.54, 1.807) is 0 Å². The van der Waals surface area contributed by atoms with Crippen LogP contribution in [0.4, 0.5) is 17.6 Å². The van der Waals surface area contributed by atoms with Gasteiger partial charge in [0.1, 0.15) is 13.2 Å². The molecule has 6 aliphatic rings. The minimum absolute atomic E-state index is 0.0311. The van der Waals surface area contributed by atoms with Crippen molar-refractivity contribution < 1.29 is 46.0 Å². The third-order valence-electron chi connectivity index (χ3n) is 11.0. The van der Waals surface area contributed by atoms with E-state index in [9.17, 15) is 22.4 Å². The van der Waals surface area contributed by atoms with Gasteiger partial charge in [0.2, 0.25) is 0 Å². The van der Waals surface area contributed by atoms with Crippen molar-refractivity contribution in [2.24, 2.45) is 47.3 Å². The van der Waals surface area contributed by atoms with E-state index in [0.717, 1.165) is 18.3 Å². The van der Waals surface area contributed by atoms with Crippen LogP contribution in [0.1, 0.15) is 77.6 Å². The first-order chi connectivity index (χ1) is 19.1. The molecule has 4 bridgehead atoms. The molecule has 1 spiro atoms. The number of esters is 1. The highest BCUT2D eigenvalue weighted by Crippen LogP contribution is 2.55. The predicted octanol–water partition coefficient (Wildman–Crippen LogP) is 6.21. The summed E-state index contributed by atoms with van der Waals surface area (Å²) < 4.78 is 85.4. The molecule has 6 nitrogen and oxygen atoms in total. The first kappa shape index (κ1) is 29.1. The van der Waals surface area contributed by atoms with Crippen LogP contribution in [0.15, 0.2) is 0 Å². The molecule has 40 heavy (non-hydrogen) atoms. The zero-order chi connectivity index (χ0) is 28.1. The van der Waals surface area contributed by atoms with E-state index < -0.39 is 42.7 Å². The second-order valence-corrected chi connectivity index (χ2v) is 13.7. The Morgan fingerprint density at radius 3 is 2.12 bits per heavy atom. The number of carbonyl (C=O) groups excluding carboxylic acids is 1. The summed E-state index contributed by atoms with van der Waals surface area (Å²) in [6.45, 7) is 0.377. The number of halogens is 4. The monoisotopic (exact) mass is 576 g/mol. The highest BCUT2D eigenvalue weighted by atomic mass is 19.3. The molecule has 4 aliphatic carbocycles. The third kappa shape index (κ3) is 5.68. The Labute approximate surface area is 234 Å². The molecule has 6 fully saturated rings. The van der Waals surface area contributed by atoms with Crippen LogP contribution >= 0.6 is 0 Å². The average molecular weight is 577 g/mol. The van der Waals surface area contributed by atoms with Crippen LogP contribution in [0.2, 0.25) is 0 Å². The van der Waals surface area contributed by atoms with Gasteiger partial charge in [-0.05, 0) is 62.2 Å². The fourth-order valence-corrected chi connectivity index (χ4v) is 8.76. The number of hydrogen-bond donors (Lipinski definition) is 0. The van der Waals surface area contributed by atoms with Gasteiger partial charge in [0, 0.05) is 24.2 Å². The van der Waals surface area contributed by atoms with E-state index in [4.69, 9.17) is 23.7 Å². The maximum Gasteiger partial charge on any atom is 0.335 e. The number of carbonyl (C=O) groups is 1. The quantitative estimate of drug-likeness (QED) is 0.287. The van der Waals surface area contributed by atoms with Crippen molar-refractivity contribution in [1.29, 1.82) is 0 Å². The van der Waals surface area contributed by atoms with Crippen molar-refractivity contribution in [2.45, 2.75) is 101 Å². The molecule has 0 amide bonds. The van der Waals surface area contributed by atoms with Crippen molar-refractivity contribution in [3.05, 3.63) is 0 Å². The van der Waals surface area contributed by atoms with Crippen molar-refractivity contribution in [1.82, 2.24) is 0 Å². The Morgan fingerprint density at radius 2 is 1.50 bits per heavy atom. The summed E-state index contributed by atoms with van der Waals surface area (Å²) in [7, 11) is 0. The second kappa shape index (κ2) is 11.3. The van der Waals surface area contributed by atoms with E-state index in [1.165, 1.54) is 38.5 Å². The normalized spacial score (nSPS) is 44.0. The number of hydrogen-bond acceptors (Lipinski definition) is 6. The van der Waals surface area contributed by atoms with Crippen molar-refractivity contribution in [3.8, 4) is 0 Å². The van der Waals surface area contributed by atoms with Gasteiger partial charge in [-0.25, -0.2) is 0 Å². The summed E-state index contributed by atoms with van der Waals surface area (Å²) in [5.41, 5.74) is 0. The fourth-order valence-electron chi connectivity index (χ4n) is 8.76. The smallest absolute Gasteiger partial charge is 0.335 e. The first-order valence-corrected chi connectivity index (χ1v) is 15.5. The number of ether oxygens (including phenoxy) is 5. The van der Waals surface area contributed by atoms with E-state index >= 15 is 0 Å². The van der Waals surface area contributed by atoms with Gasteiger partial charge in [0.25, 0.3) is 0 Å². The lowest BCUT2D eigenvalue weighted by molar-refractivity contribution is -0.300. The summed E-state index contributed by atoms with van der Waals surface area (Å²) in [5.74, 6) is -9.16. The maximum atomic E-state index is 14.1. The molecule has 4 saturated carbocycles. The van der Waals surface area contributed by atoms with Crippen molar-refractivity contribution in [3.63, 3.8) is 0 Å². The molecule has 6 atom stereocenters. The Hall–Kier alpha value is -0.970. The van der Waals surface area contributed by atoms with E-state index in [0.29, 0.717) is 38.4 Å². The first-order valence-electron chi connectivity index (χ1n) is 15.5. The second-order valence-electron chi connectivity index (χ2n) is 13.7. The highest BCUT2D eigenvalue weighted by Gasteiger charge is 2.64. The van der Waals surface area contributed by atoms with Gasteiger partial charge in [-0.15, -0.1) is 0 Å². The maximum absolute atomic E-state index is 14.1. The zero-order valence-electron chi connectivity index (χ0n) is 23.5. The van der Waals surface area contributed by atoms with Gasteiger partial charge >= 0.3 is 17.8 Å². The highest BCUT2D eigenvalue weighted by molar-refractivity contribution is 5.72. The fraction of sp³-hybridized carbons (Fsp3) is 0.967. The van der Waals surface area contributed by atoms with Crippen LogP contribution in [0.3, 0.4) is 0 Å². The lowest BCUT2D eigenvalue weighted by Gasteiger charge is -2.52. The van der Waals surface area contributed by atoms with Gasteiger partial charge in [-0.2, -0.15) is 17.6 Å². The van der Waals surface area contributed by atoms with Crippen molar-refractivity contribution in [2.75, 3.05) is 33.0 Å². The Morgan fingerprint density at radius 1 is 0.850 bits per heavy atom. The average Bonchev–Trinajstić information content (AvgIpc) is 3.03. The molecule has 0 aromatic heterocycles. The Kier molecular flexibility index (Phi) is 8.20. The molecular formula is C30H44F4O6. The van der Waals surface area contributed by atoms with E-state index in [2.05, 4.69) is 0 Å². The van der Waals surface area contributed by atoms with E-state index in [-0.39, 0.29) is 43.0 Å². The van der Waals surface area contributed by atoms with Crippen LogP contribution in [-0.2, 0) is 28.5 Å². The largest absolute Gasteiger partial charge is 0.465 e. The molecule has 0 N–H and O–H groups in total. The van der Waals surface area contributed by atoms with E-state index in [1.807, 2.05) is 6.92 Å². The standard InChI is InChI=1S/C30H44F4O6/c1-2-21-12-28(39-16-29(31,32)30(33,34)17-40-28)25-10-22(21)9-23(11-25)26(35)36-13-20-14-37-27(38-15-20)24-7-18-4-3-5-19(6-18)8-24/h18-25,27H,2-17H2,1H3. The third-order valence-corrected chi connectivity index (χ3v) is 11.0. The minimum atomic E-state index is -4.30. The van der Waals surface area contributed by atoms with Crippen LogP contribution in [0.5, 0.6) is 0 Å². The molecule has 0 radical (unpaired) electrons. The molecular weight excluding hydrogens is 532 g/mol. The van der Waals surface area contributed by atoms with Gasteiger partial charge in [-0.3, -0.25) is 4.79 Å². The molecule has 228 valence electrons. The SMILES string of the molecule is CCC1CC2(OCC(F)(F)C(F)(F)CO2)C2CC(C(=O)OCC3COC(C4CC5CCCC(C5)C4)OC3)CC1C2. The number of alkyl halides is 4. The minimum Gasteiger partial charge on any atom is -0.465 e. The van der Waals surface area contributed by atoms with Crippen LogP contribution in [-0.4, -0.2) is 62.9 Å². The summed E-state index contributed by atoms with van der Waals surface area (Å²) in [6.07, 6.45) is 10.1. The molecule has 6 unspecified atom stereocenters. The van der Waals surface area contributed by atoms with Crippen LogP contribution < -0.4 is 0 Å². The van der Waals surface area contributed by atoms with Gasteiger partial charge in [0.15, 0.2) is 12.1 Å². The molecule has 6 rings (SSSR count). The van der Waals surface area contributed by atoms with Crippen LogP contribution in [0.25, 0.3) is 0 Å². The zero-order valence-corrected chi connectivity index (χ0v) is 23.5. The molecule has 2 aliphatic heterocycles. The van der Waals surface area contributed by atoms with Crippen LogP contribution in [0, 0.1) is 47.3 Å². The number of fused-ring (bicyclic) bond motifs is 5. The predicted molar refractivity (Wildman–Crippen MR) is 136 cm³/mol. The van der Waals surface area contributed by atoms with Gasteiger partial charge in [-0.1, -0.05) is 32.6 Å². The molecule has 2 heterocycles. The summed E-state index contributed by atoms with van der Waals surface area (Å²) in [6, 6.07) is 0. The Bertz CT molecular complexity index is 879. The molecule has 10 heteroatoms. The van der Waals surface area contributed by atoms with Gasteiger partial charge in [0.05, 0.1) is 25.7 Å². The molecule has 0 aromatic rings. The summed E-state index contributed by atoms with van der Waals surface area (Å²) in [5, 5.41) is 0. The summed E-state index contributed by atoms with van der Waals surface area (Å²) in [4.78, 5) is 13.2. The Balaban J connectivity index is 1.02. The molecule has 2 saturated heterocycles.